The Morgan fingerprint density at radius 2 is 2.00 bits per heavy atom. The number of aryl methyl sites for hydroxylation is 1. The van der Waals surface area contributed by atoms with Crippen LogP contribution in [0, 0.1) is 6.92 Å². The number of alkyl halides is 3. The minimum atomic E-state index is -4.42. The Morgan fingerprint density at radius 1 is 1.38 bits per heavy atom. The van der Waals surface area contributed by atoms with Gasteiger partial charge in [0.2, 0.25) is 10.0 Å². The van der Waals surface area contributed by atoms with E-state index in [-0.39, 0.29) is 30.2 Å². The minimum absolute atomic E-state index is 0.145. The van der Waals surface area contributed by atoms with Crippen LogP contribution in [-0.4, -0.2) is 41.8 Å². The van der Waals surface area contributed by atoms with Crippen LogP contribution in [0.4, 0.5) is 19.0 Å². The van der Waals surface area contributed by atoms with Gasteiger partial charge in [-0.1, -0.05) is 6.08 Å². The van der Waals surface area contributed by atoms with Crippen LogP contribution < -0.4 is 5.73 Å². The largest absolute Gasteiger partial charge is 0.412 e. The first kappa shape index (κ1) is 15.8. The van der Waals surface area contributed by atoms with Gasteiger partial charge in [0.05, 0.1) is 5.69 Å². The molecule has 10 heteroatoms. The second-order valence-electron chi connectivity index (χ2n) is 4.76. The van der Waals surface area contributed by atoms with E-state index in [0.29, 0.717) is 5.69 Å². The highest BCUT2D eigenvalue weighted by Crippen LogP contribution is 2.33. The molecule has 0 fully saturated rings. The molecule has 21 heavy (non-hydrogen) atoms. The number of hydrogen-bond acceptors (Lipinski definition) is 4. The lowest BCUT2D eigenvalue weighted by molar-refractivity contribution is -0.0953. The van der Waals surface area contributed by atoms with E-state index in [0.717, 1.165) is 10.4 Å². The van der Waals surface area contributed by atoms with E-state index in [1.807, 2.05) is 0 Å². The smallest absolute Gasteiger partial charge is 0.381 e. The van der Waals surface area contributed by atoms with Gasteiger partial charge in [-0.25, -0.2) is 8.42 Å². The lowest BCUT2D eigenvalue weighted by Gasteiger charge is -2.26. The van der Waals surface area contributed by atoms with E-state index in [9.17, 15) is 21.6 Å². The third-order valence-corrected chi connectivity index (χ3v) is 5.47. The number of nitrogen functional groups attached to an aromatic ring is 1. The van der Waals surface area contributed by atoms with Gasteiger partial charge >= 0.3 is 6.18 Å². The van der Waals surface area contributed by atoms with Crippen LogP contribution in [0.3, 0.4) is 0 Å². The molecule has 0 radical (unpaired) electrons. The fourth-order valence-corrected chi connectivity index (χ4v) is 3.86. The summed E-state index contributed by atoms with van der Waals surface area (Å²) in [6, 6.07) is 0. The van der Waals surface area contributed by atoms with Crippen LogP contribution in [0.25, 0.3) is 0 Å². The molecule has 2 rings (SSSR count). The molecule has 2 N–H and O–H groups in total. The summed E-state index contributed by atoms with van der Waals surface area (Å²) in [4.78, 5) is -0.145. The van der Waals surface area contributed by atoms with Gasteiger partial charge in [0.15, 0.2) is 5.82 Å². The van der Waals surface area contributed by atoms with Gasteiger partial charge in [0.1, 0.15) is 4.90 Å². The van der Waals surface area contributed by atoms with Crippen LogP contribution in [-0.2, 0) is 17.1 Å². The highest BCUT2D eigenvalue weighted by molar-refractivity contribution is 7.89. The van der Waals surface area contributed by atoms with Gasteiger partial charge in [-0.2, -0.15) is 22.6 Å². The van der Waals surface area contributed by atoms with Gasteiger partial charge in [0.25, 0.3) is 0 Å². The molecule has 1 aliphatic rings. The van der Waals surface area contributed by atoms with Gasteiger partial charge < -0.3 is 5.73 Å². The van der Waals surface area contributed by atoms with Crippen molar-refractivity contribution in [1.82, 2.24) is 14.1 Å². The number of aromatic nitrogens is 2. The second kappa shape index (κ2) is 5.02. The minimum Gasteiger partial charge on any atom is -0.381 e. The first-order valence-corrected chi connectivity index (χ1v) is 7.54. The molecule has 6 nitrogen and oxygen atoms in total. The van der Waals surface area contributed by atoms with Crippen LogP contribution in [0.15, 0.2) is 16.5 Å². The Kier molecular flexibility index (Phi) is 3.79. The van der Waals surface area contributed by atoms with Crippen molar-refractivity contribution in [2.75, 3.05) is 18.8 Å². The van der Waals surface area contributed by atoms with Gasteiger partial charge in [-0.15, -0.1) is 0 Å². The number of halogens is 3. The zero-order valence-electron chi connectivity index (χ0n) is 11.5. The fraction of sp³-hybridized carbons (Fsp3) is 0.545. The Hall–Kier alpha value is -1.55. The van der Waals surface area contributed by atoms with Crippen LogP contribution in [0.5, 0.6) is 0 Å². The number of nitrogens with zero attached hydrogens (tertiary/aromatic N) is 3. The van der Waals surface area contributed by atoms with Crippen molar-refractivity contribution < 1.29 is 21.6 Å². The maximum atomic E-state index is 12.5. The van der Waals surface area contributed by atoms with Crippen molar-refractivity contribution in [2.45, 2.75) is 24.4 Å². The molecule has 0 aliphatic carbocycles. The van der Waals surface area contributed by atoms with Crippen molar-refractivity contribution in [2.24, 2.45) is 7.05 Å². The molecule has 1 aromatic rings. The summed E-state index contributed by atoms with van der Waals surface area (Å²) in [5.41, 5.74) is 5.24. The molecule has 118 valence electrons. The predicted octanol–water partition coefficient (Wildman–Crippen LogP) is 1.19. The maximum Gasteiger partial charge on any atom is 0.412 e. The van der Waals surface area contributed by atoms with E-state index < -0.39 is 21.8 Å². The summed E-state index contributed by atoms with van der Waals surface area (Å²) in [6.45, 7) is 0.976. The van der Waals surface area contributed by atoms with Crippen molar-refractivity contribution >= 4 is 15.8 Å². The average Bonchev–Trinajstić information content (AvgIpc) is 2.62. The van der Waals surface area contributed by atoms with E-state index >= 15 is 0 Å². The zero-order chi connectivity index (χ0) is 16.0. The van der Waals surface area contributed by atoms with Crippen LogP contribution >= 0.6 is 0 Å². The molecule has 0 atom stereocenters. The lowest BCUT2D eigenvalue weighted by atomic mass is 10.1. The van der Waals surface area contributed by atoms with Crippen LogP contribution in [0.1, 0.15) is 12.1 Å². The molecule has 2 heterocycles. The molecule has 0 spiro atoms. The number of anilines is 1. The van der Waals surface area contributed by atoms with Gasteiger partial charge in [-0.05, 0) is 13.3 Å². The summed E-state index contributed by atoms with van der Waals surface area (Å²) < 4.78 is 64.9. The highest BCUT2D eigenvalue weighted by atomic mass is 32.2. The first-order chi connectivity index (χ1) is 9.55. The predicted molar refractivity (Wildman–Crippen MR) is 69.9 cm³/mol. The van der Waals surface area contributed by atoms with Gasteiger partial charge in [-0.3, -0.25) is 4.68 Å². The van der Waals surface area contributed by atoms with Crippen molar-refractivity contribution in [3.63, 3.8) is 0 Å². The van der Waals surface area contributed by atoms with E-state index in [1.165, 1.54) is 11.6 Å². The highest BCUT2D eigenvalue weighted by Gasteiger charge is 2.38. The second-order valence-corrected chi connectivity index (χ2v) is 6.64. The lowest BCUT2D eigenvalue weighted by Crippen LogP contribution is -2.37. The van der Waals surface area contributed by atoms with Crippen molar-refractivity contribution in [3.05, 3.63) is 17.3 Å². The van der Waals surface area contributed by atoms with Crippen molar-refractivity contribution in [1.29, 1.82) is 0 Å². The maximum absolute atomic E-state index is 12.5. The molecule has 0 saturated heterocycles. The Morgan fingerprint density at radius 3 is 2.38 bits per heavy atom. The third kappa shape index (κ3) is 2.77. The first-order valence-electron chi connectivity index (χ1n) is 6.10. The molecule has 1 aromatic heterocycles. The monoisotopic (exact) mass is 324 g/mol. The quantitative estimate of drug-likeness (QED) is 0.829. The van der Waals surface area contributed by atoms with Crippen LogP contribution in [0.2, 0.25) is 0 Å². The summed E-state index contributed by atoms with van der Waals surface area (Å²) in [5.74, 6) is -0.152. The van der Waals surface area contributed by atoms with Crippen molar-refractivity contribution in [3.8, 4) is 0 Å². The normalized spacial score (nSPS) is 17.9. The number of nitrogens with two attached hydrogens (primary N) is 1. The summed E-state index contributed by atoms with van der Waals surface area (Å²) in [5, 5.41) is 3.82. The Bertz CT molecular complexity index is 691. The fourth-order valence-electron chi connectivity index (χ4n) is 2.19. The number of sulfonamides is 1. The summed E-state index contributed by atoms with van der Waals surface area (Å²) >= 11 is 0. The molecule has 0 saturated carbocycles. The van der Waals surface area contributed by atoms with E-state index in [4.69, 9.17) is 5.73 Å². The Balaban J connectivity index is 2.33. The standard InChI is InChI=1S/C11H15F3N4O2S/c1-7-9(10(15)16-17(7)2)21(19,20)18-5-3-8(4-6-18)11(12,13)14/h3H,4-6H2,1-2H3,(H2,15,16). The SMILES string of the molecule is Cc1c(S(=O)(=O)N2CC=C(C(F)(F)F)CC2)c(N)nn1C. The topological polar surface area (TPSA) is 81.2 Å². The molecule has 0 unspecified atom stereocenters. The van der Waals surface area contributed by atoms with E-state index in [2.05, 4.69) is 5.10 Å². The third-order valence-electron chi connectivity index (χ3n) is 3.44. The molecule has 0 amide bonds. The molecule has 1 aliphatic heterocycles. The molecule has 0 aromatic carbocycles. The number of hydrogen-bond donors (Lipinski definition) is 1. The van der Waals surface area contributed by atoms with E-state index in [1.54, 1.807) is 7.05 Å². The summed E-state index contributed by atoms with van der Waals surface area (Å²) in [7, 11) is -2.41. The molecule has 0 bridgehead atoms. The molecular formula is C11H15F3N4O2S. The Labute approximate surface area is 120 Å². The van der Waals surface area contributed by atoms with Gasteiger partial charge in [0, 0.05) is 25.7 Å². The zero-order valence-corrected chi connectivity index (χ0v) is 12.3. The molecular weight excluding hydrogens is 309 g/mol. The number of rotatable bonds is 2. The average molecular weight is 324 g/mol. The summed E-state index contributed by atoms with van der Waals surface area (Å²) in [6.07, 6.45) is -3.90.